The Kier molecular flexibility index (Phi) is 5.03. The summed E-state index contributed by atoms with van der Waals surface area (Å²) in [5, 5.41) is 14.6. The van der Waals surface area contributed by atoms with Gasteiger partial charge in [0.25, 0.3) is 5.89 Å². The van der Waals surface area contributed by atoms with Gasteiger partial charge in [0.2, 0.25) is 0 Å². The molecular weight excluding hydrogens is 266 g/mol. The fourth-order valence-electron chi connectivity index (χ4n) is 1.42. The first-order chi connectivity index (χ1) is 9.35. The average molecular weight is 279 g/mol. The van der Waals surface area contributed by atoms with Gasteiger partial charge in [-0.1, -0.05) is 5.16 Å². The van der Waals surface area contributed by atoms with Gasteiger partial charge in [-0.05, 0) is 11.4 Å². The predicted molar refractivity (Wildman–Crippen MR) is 68.7 cm³/mol. The molecule has 0 unspecified atom stereocenters. The van der Waals surface area contributed by atoms with Gasteiger partial charge in [-0.15, -0.1) is 11.3 Å². The minimum atomic E-state index is 0.387. The summed E-state index contributed by atoms with van der Waals surface area (Å²) in [6.45, 7) is 1.63. The topological polar surface area (TPSA) is 81.2 Å². The number of methoxy groups -OCH3 is 1. The number of rotatable bonds is 7. The highest BCUT2D eigenvalue weighted by atomic mass is 32.1. The van der Waals surface area contributed by atoms with Crippen LogP contribution in [0.15, 0.2) is 16.0 Å². The molecule has 0 radical (unpaired) electrons. The van der Waals surface area contributed by atoms with Crippen molar-refractivity contribution in [3.05, 3.63) is 22.8 Å². The molecule has 0 aromatic carbocycles. The van der Waals surface area contributed by atoms with Crippen LogP contribution in [0.1, 0.15) is 11.4 Å². The van der Waals surface area contributed by atoms with Crippen molar-refractivity contribution in [2.24, 2.45) is 0 Å². The SMILES string of the molecule is COCCOCCc1noc(-c2sccc2C#N)n1. The Bertz CT molecular complexity index is 559. The first kappa shape index (κ1) is 13.7. The Morgan fingerprint density at radius 2 is 2.32 bits per heavy atom. The van der Waals surface area contributed by atoms with Crippen molar-refractivity contribution in [1.82, 2.24) is 10.1 Å². The van der Waals surface area contributed by atoms with Crippen molar-refractivity contribution in [3.63, 3.8) is 0 Å². The van der Waals surface area contributed by atoms with Crippen LogP contribution < -0.4 is 0 Å². The molecule has 2 aromatic heterocycles. The molecule has 0 bridgehead atoms. The second-order valence-corrected chi connectivity index (χ2v) is 4.56. The number of nitrogens with zero attached hydrogens (tertiary/aromatic N) is 3. The Balaban J connectivity index is 1.91. The number of nitriles is 1. The first-order valence-corrected chi connectivity index (χ1v) is 6.60. The summed E-state index contributed by atoms with van der Waals surface area (Å²) >= 11 is 1.41. The highest BCUT2D eigenvalue weighted by molar-refractivity contribution is 7.13. The second-order valence-electron chi connectivity index (χ2n) is 3.65. The third-order valence-electron chi connectivity index (χ3n) is 2.35. The molecule has 0 N–H and O–H groups in total. The van der Waals surface area contributed by atoms with E-state index >= 15 is 0 Å². The fraction of sp³-hybridized carbons (Fsp3) is 0.417. The summed E-state index contributed by atoms with van der Waals surface area (Å²) < 4.78 is 15.3. The van der Waals surface area contributed by atoms with E-state index in [1.165, 1.54) is 11.3 Å². The van der Waals surface area contributed by atoms with Gasteiger partial charge in [-0.3, -0.25) is 0 Å². The van der Waals surface area contributed by atoms with Crippen LogP contribution in [0.2, 0.25) is 0 Å². The van der Waals surface area contributed by atoms with Crippen LogP contribution in [0, 0.1) is 11.3 Å². The molecule has 0 fully saturated rings. The van der Waals surface area contributed by atoms with Crippen LogP contribution in [0.4, 0.5) is 0 Å². The maximum Gasteiger partial charge on any atom is 0.269 e. The fourth-order valence-corrected chi connectivity index (χ4v) is 2.18. The number of aromatic nitrogens is 2. The second kappa shape index (κ2) is 6.99. The van der Waals surface area contributed by atoms with Crippen LogP contribution in [-0.2, 0) is 15.9 Å². The molecule has 100 valence electrons. The van der Waals surface area contributed by atoms with E-state index in [2.05, 4.69) is 16.2 Å². The van der Waals surface area contributed by atoms with Gasteiger partial charge in [0.15, 0.2) is 5.82 Å². The molecule has 0 aliphatic heterocycles. The lowest BCUT2D eigenvalue weighted by atomic mass is 10.3. The third-order valence-corrected chi connectivity index (χ3v) is 3.25. The van der Waals surface area contributed by atoms with Crippen molar-refractivity contribution < 1.29 is 14.0 Å². The quantitative estimate of drug-likeness (QED) is 0.720. The van der Waals surface area contributed by atoms with Crippen molar-refractivity contribution in [2.45, 2.75) is 6.42 Å². The smallest absolute Gasteiger partial charge is 0.269 e. The van der Waals surface area contributed by atoms with Crippen LogP contribution >= 0.6 is 11.3 Å². The normalized spacial score (nSPS) is 10.5. The van der Waals surface area contributed by atoms with E-state index in [0.717, 1.165) is 0 Å². The van der Waals surface area contributed by atoms with Gasteiger partial charge < -0.3 is 14.0 Å². The van der Waals surface area contributed by atoms with Gasteiger partial charge in [0, 0.05) is 13.5 Å². The summed E-state index contributed by atoms with van der Waals surface area (Å²) in [5.74, 6) is 0.961. The zero-order chi connectivity index (χ0) is 13.5. The van der Waals surface area contributed by atoms with Crippen LogP contribution in [-0.4, -0.2) is 37.1 Å². The highest BCUT2D eigenvalue weighted by Crippen LogP contribution is 2.27. The summed E-state index contributed by atoms with van der Waals surface area (Å²) in [7, 11) is 1.63. The lowest BCUT2D eigenvalue weighted by Gasteiger charge is -1.99. The summed E-state index contributed by atoms with van der Waals surface area (Å²) in [6, 6.07) is 3.83. The van der Waals surface area contributed by atoms with E-state index in [0.29, 0.717) is 48.4 Å². The molecule has 0 aliphatic rings. The van der Waals surface area contributed by atoms with E-state index in [1.54, 1.807) is 13.2 Å². The third kappa shape index (κ3) is 3.61. The molecule has 0 saturated heterocycles. The molecule has 7 heteroatoms. The van der Waals surface area contributed by atoms with E-state index in [1.807, 2.05) is 5.38 Å². The van der Waals surface area contributed by atoms with Crippen LogP contribution in [0.3, 0.4) is 0 Å². The van der Waals surface area contributed by atoms with Gasteiger partial charge >= 0.3 is 0 Å². The molecule has 0 atom stereocenters. The Morgan fingerprint density at radius 3 is 3.11 bits per heavy atom. The lowest BCUT2D eigenvalue weighted by Crippen LogP contribution is -2.05. The molecular formula is C12H13N3O3S. The zero-order valence-electron chi connectivity index (χ0n) is 10.5. The molecule has 6 nitrogen and oxygen atoms in total. The first-order valence-electron chi connectivity index (χ1n) is 5.72. The maximum atomic E-state index is 8.93. The summed E-state index contributed by atoms with van der Waals surface area (Å²) in [5.41, 5.74) is 0.552. The Morgan fingerprint density at radius 1 is 1.42 bits per heavy atom. The molecule has 2 rings (SSSR count). The van der Waals surface area contributed by atoms with E-state index in [-0.39, 0.29) is 0 Å². The van der Waals surface area contributed by atoms with Crippen LogP contribution in [0.25, 0.3) is 10.8 Å². The highest BCUT2D eigenvalue weighted by Gasteiger charge is 2.14. The van der Waals surface area contributed by atoms with Crippen LogP contribution in [0.5, 0.6) is 0 Å². The molecule has 0 saturated carbocycles. The molecule has 0 aliphatic carbocycles. The van der Waals surface area contributed by atoms with E-state index in [9.17, 15) is 0 Å². The monoisotopic (exact) mass is 279 g/mol. The van der Waals surface area contributed by atoms with Gasteiger partial charge in [0.1, 0.15) is 10.9 Å². The lowest BCUT2D eigenvalue weighted by molar-refractivity contribution is 0.0714. The van der Waals surface area contributed by atoms with E-state index < -0.39 is 0 Å². The van der Waals surface area contributed by atoms with Crippen molar-refractivity contribution in [2.75, 3.05) is 26.9 Å². The summed E-state index contributed by atoms with van der Waals surface area (Å²) in [4.78, 5) is 4.96. The number of thiophene rings is 1. The summed E-state index contributed by atoms with van der Waals surface area (Å²) in [6.07, 6.45) is 0.570. The maximum absolute atomic E-state index is 8.93. The van der Waals surface area contributed by atoms with E-state index in [4.69, 9.17) is 19.3 Å². The molecule has 0 amide bonds. The Labute approximate surface area is 114 Å². The van der Waals surface area contributed by atoms with Crippen molar-refractivity contribution >= 4 is 11.3 Å². The molecule has 2 heterocycles. The zero-order valence-corrected chi connectivity index (χ0v) is 11.3. The predicted octanol–water partition coefficient (Wildman–Crippen LogP) is 1.88. The Hall–Kier alpha value is -1.75. The van der Waals surface area contributed by atoms with Crippen molar-refractivity contribution in [1.29, 1.82) is 5.26 Å². The standard InChI is InChI=1S/C12H13N3O3S/c1-16-5-6-17-4-2-10-14-12(18-15-10)11-9(8-13)3-7-19-11/h3,7H,2,4-6H2,1H3. The number of hydrogen-bond donors (Lipinski definition) is 0. The molecule has 2 aromatic rings. The largest absolute Gasteiger partial charge is 0.382 e. The average Bonchev–Trinajstić information content (AvgIpc) is 3.06. The minimum absolute atomic E-state index is 0.387. The van der Waals surface area contributed by atoms with Crippen molar-refractivity contribution in [3.8, 4) is 16.8 Å². The van der Waals surface area contributed by atoms with Gasteiger partial charge in [-0.2, -0.15) is 10.2 Å². The molecule has 0 spiro atoms. The molecule has 19 heavy (non-hydrogen) atoms. The van der Waals surface area contributed by atoms with Gasteiger partial charge in [-0.25, -0.2) is 0 Å². The number of hydrogen-bond acceptors (Lipinski definition) is 7. The van der Waals surface area contributed by atoms with Gasteiger partial charge in [0.05, 0.1) is 25.4 Å². The number of ether oxygens (including phenoxy) is 2. The minimum Gasteiger partial charge on any atom is -0.382 e.